The minimum absolute atomic E-state index is 0.135. The van der Waals surface area contributed by atoms with E-state index in [1.54, 1.807) is 0 Å². The summed E-state index contributed by atoms with van der Waals surface area (Å²) in [6, 6.07) is 16.6. The Morgan fingerprint density at radius 3 is 2.39 bits per heavy atom. The predicted octanol–water partition coefficient (Wildman–Crippen LogP) is 2.64. The van der Waals surface area contributed by atoms with E-state index in [0.717, 1.165) is 16.8 Å². The van der Waals surface area contributed by atoms with Gasteiger partial charge >= 0.3 is 12.0 Å². The molecule has 2 aromatic carbocycles. The van der Waals surface area contributed by atoms with Gasteiger partial charge in [0.05, 0.1) is 0 Å². The lowest BCUT2D eigenvalue weighted by molar-refractivity contribution is -0.151. The number of carbonyl (C=O) groups is 2. The van der Waals surface area contributed by atoms with Gasteiger partial charge in [0, 0.05) is 12.2 Å². The number of nitrogens with two attached hydrogens (primary N) is 2. The summed E-state index contributed by atoms with van der Waals surface area (Å²) in [4.78, 5) is 24.0. The SMILES string of the molecule is Cc1ccccc1NC(=O)NCCCCC(N)(N)C(=O)OCc1ccccc1. The first-order chi connectivity index (χ1) is 13.4. The molecule has 0 bridgehead atoms. The monoisotopic (exact) mass is 384 g/mol. The van der Waals surface area contributed by atoms with Crippen molar-refractivity contribution in [2.45, 2.75) is 38.5 Å². The largest absolute Gasteiger partial charge is 0.458 e. The summed E-state index contributed by atoms with van der Waals surface area (Å²) in [6.45, 7) is 2.51. The number of benzene rings is 2. The van der Waals surface area contributed by atoms with Crippen molar-refractivity contribution in [3.05, 3.63) is 65.7 Å². The van der Waals surface area contributed by atoms with Gasteiger partial charge in [-0.15, -0.1) is 0 Å². The fraction of sp³-hybridized carbons (Fsp3) is 0.333. The van der Waals surface area contributed by atoms with Gasteiger partial charge in [-0.2, -0.15) is 0 Å². The van der Waals surface area contributed by atoms with Gasteiger partial charge < -0.3 is 26.8 Å². The molecule has 0 aromatic heterocycles. The molecule has 7 nitrogen and oxygen atoms in total. The number of ether oxygens (including phenoxy) is 1. The van der Waals surface area contributed by atoms with E-state index < -0.39 is 11.6 Å². The summed E-state index contributed by atoms with van der Waals surface area (Å²) in [5.41, 5.74) is 12.9. The molecular formula is C21H28N4O3. The van der Waals surface area contributed by atoms with Crippen molar-refractivity contribution >= 4 is 17.7 Å². The van der Waals surface area contributed by atoms with Crippen LogP contribution in [-0.4, -0.2) is 24.2 Å². The molecular weight excluding hydrogens is 356 g/mol. The Balaban J connectivity index is 1.64. The Morgan fingerprint density at radius 1 is 1.00 bits per heavy atom. The van der Waals surface area contributed by atoms with Gasteiger partial charge in [0.15, 0.2) is 5.66 Å². The zero-order valence-corrected chi connectivity index (χ0v) is 16.1. The van der Waals surface area contributed by atoms with E-state index >= 15 is 0 Å². The fourth-order valence-corrected chi connectivity index (χ4v) is 2.58. The van der Waals surface area contributed by atoms with Crippen molar-refractivity contribution in [1.29, 1.82) is 0 Å². The first kappa shape index (κ1) is 21.4. The number of aryl methyl sites for hydroxylation is 1. The van der Waals surface area contributed by atoms with Crippen molar-refractivity contribution in [2.24, 2.45) is 11.5 Å². The number of hydrogen-bond acceptors (Lipinski definition) is 5. The van der Waals surface area contributed by atoms with E-state index in [1.807, 2.05) is 61.5 Å². The second kappa shape index (κ2) is 10.4. The number of esters is 1. The van der Waals surface area contributed by atoms with Crippen LogP contribution in [0.4, 0.5) is 10.5 Å². The van der Waals surface area contributed by atoms with Crippen LogP contribution in [0.3, 0.4) is 0 Å². The molecule has 150 valence electrons. The van der Waals surface area contributed by atoms with Gasteiger partial charge in [-0.05, 0) is 43.4 Å². The van der Waals surface area contributed by atoms with Crippen LogP contribution in [0.15, 0.2) is 54.6 Å². The molecule has 0 aliphatic carbocycles. The molecule has 2 amide bonds. The quantitative estimate of drug-likeness (QED) is 0.301. The maximum absolute atomic E-state index is 12.1. The van der Waals surface area contributed by atoms with Gasteiger partial charge in [0.2, 0.25) is 0 Å². The number of anilines is 1. The minimum atomic E-state index is -1.54. The zero-order chi connectivity index (χ0) is 20.4. The summed E-state index contributed by atoms with van der Waals surface area (Å²) in [7, 11) is 0. The molecule has 28 heavy (non-hydrogen) atoms. The van der Waals surface area contributed by atoms with E-state index in [2.05, 4.69) is 10.6 Å². The molecule has 2 aromatic rings. The first-order valence-corrected chi connectivity index (χ1v) is 9.28. The lowest BCUT2D eigenvalue weighted by Crippen LogP contribution is -2.57. The number of unbranched alkanes of at least 4 members (excludes halogenated alkanes) is 1. The van der Waals surface area contributed by atoms with Gasteiger partial charge in [-0.25, -0.2) is 9.59 Å². The zero-order valence-electron chi connectivity index (χ0n) is 16.1. The van der Waals surface area contributed by atoms with Crippen LogP contribution in [0.25, 0.3) is 0 Å². The number of para-hydroxylation sites is 1. The lowest BCUT2D eigenvalue weighted by atomic mass is 10.0. The first-order valence-electron chi connectivity index (χ1n) is 9.28. The molecule has 7 heteroatoms. The molecule has 0 atom stereocenters. The van der Waals surface area contributed by atoms with Crippen molar-refractivity contribution in [1.82, 2.24) is 5.32 Å². The van der Waals surface area contributed by atoms with Crippen LogP contribution in [-0.2, 0) is 16.1 Å². The van der Waals surface area contributed by atoms with Crippen molar-refractivity contribution in [2.75, 3.05) is 11.9 Å². The molecule has 0 saturated heterocycles. The molecule has 2 rings (SSSR count). The summed E-state index contributed by atoms with van der Waals surface area (Å²) in [5, 5.41) is 5.57. The number of hydrogen-bond donors (Lipinski definition) is 4. The third kappa shape index (κ3) is 7.02. The van der Waals surface area contributed by atoms with E-state index in [-0.39, 0.29) is 19.1 Å². The lowest BCUT2D eigenvalue weighted by Gasteiger charge is -2.22. The van der Waals surface area contributed by atoms with Gasteiger partial charge in [-0.1, -0.05) is 48.5 Å². The average Bonchev–Trinajstić information content (AvgIpc) is 2.68. The maximum atomic E-state index is 12.1. The third-order valence-corrected chi connectivity index (χ3v) is 4.29. The van der Waals surface area contributed by atoms with Crippen LogP contribution in [0.5, 0.6) is 0 Å². The molecule has 0 aliphatic heterocycles. The normalized spacial score (nSPS) is 11.0. The van der Waals surface area contributed by atoms with Crippen LogP contribution in [0.2, 0.25) is 0 Å². The number of urea groups is 1. The van der Waals surface area contributed by atoms with E-state index in [4.69, 9.17) is 16.2 Å². The highest BCUT2D eigenvalue weighted by Gasteiger charge is 2.30. The highest BCUT2D eigenvalue weighted by atomic mass is 16.5. The summed E-state index contributed by atoms with van der Waals surface area (Å²) in [6.07, 6.45) is 1.49. The molecule has 0 heterocycles. The smallest absolute Gasteiger partial charge is 0.341 e. The maximum Gasteiger partial charge on any atom is 0.341 e. The van der Waals surface area contributed by atoms with Crippen molar-refractivity contribution in [3.63, 3.8) is 0 Å². The van der Waals surface area contributed by atoms with E-state index in [1.165, 1.54) is 0 Å². The number of nitrogens with one attached hydrogen (secondary N) is 2. The fourth-order valence-electron chi connectivity index (χ4n) is 2.58. The van der Waals surface area contributed by atoms with E-state index in [0.29, 0.717) is 19.4 Å². The highest BCUT2D eigenvalue weighted by molar-refractivity contribution is 5.89. The molecule has 6 N–H and O–H groups in total. The van der Waals surface area contributed by atoms with Crippen LogP contribution in [0.1, 0.15) is 30.4 Å². The third-order valence-electron chi connectivity index (χ3n) is 4.29. The summed E-state index contributed by atoms with van der Waals surface area (Å²) < 4.78 is 5.20. The predicted molar refractivity (Wildman–Crippen MR) is 109 cm³/mol. The Bertz CT molecular complexity index is 778. The second-order valence-corrected chi connectivity index (χ2v) is 6.76. The highest BCUT2D eigenvalue weighted by Crippen LogP contribution is 2.13. The van der Waals surface area contributed by atoms with E-state index in [9.17, 15) is 9.59 Å². The van der Waals surface area contributed by atoms with Crippen molar-refractivity contribution < 1.29 is 14.3 Å². The molecule has 0 aliphatic rings. The Morgan fingerprint density at radius 2 is 1.68 bits per heavy atom. The standard InChI is InChI=1S/C21H28N4O3/c1-16-9-5-6-12-18(16)25-20(27)24-14-8-7-13-21(22,23)19(26)28-15-17-10-3-2-4-11-17/h2-6,9-12H,7-8,13-15,22-23H2,1H3,(H2,24,25,27). The number of carbonyl (C=O) groups excluding carboxylic acids is 2. The van der Waals surface area contributed by atoms with Gasteiger partial charge in [-0.3, -0.25) is 0 Å². The molecule has 0 spiro atoms. The second-order valence-electron chi connectivity index (χ2n) is 6.76. The van der Waals surface area contributed by atoms with Crippen molar-refractivity contribution in [3.8, 4) is 0 Å². The van der Waals surface area contributed by atoms with Gasteiger partial charge in [0.1, 0.15) is 6.61 Å². The molecule has 0 radical (unpaired) electrons. The average molecular weight is 384 g/mol. The Kier molecular flexibility index (Phi) is 7.98. The Hall–Kier alpha value is -2.90. The van der Waals surface area contributed by atoms with Crippen LogP contribution in [0, 0.1) is 6.92 Å². The summed E-state index contributed by atoms with van der Waals surface area (Å²) >= 11 is 0. The molecule has 0 saturated carbocycles. The van der Waals surface area contributed by atoms with Gasteiger partial charge in [0.25, 0.3) is 0 Å². The topological polar surface area (TPSA) is 119 Å². The van der Waals surface area contributed by atoms with Crippen LogP contribution < -0.4 is 22.1 Å². The molecule has 0 unspecified atom stereocenters. The number of amides is 2. The summed E-state index contributed by atoms with van der Waals surface area (Å²) in [5.74, 6) is -0.637. The Labute approximate surface area is 165 Å². The van der Waals surface area contributed by atoms with Crippen LogP contribution >= 0.6 is 0 Å². The number of rotatable bonds is 9. The minimum Gasteiger partial charge on any atom is -0.458 e. The molecule has 0 fully saturated rings.